The lowest BCUT2D eigenvalue weighted by atomic mass is 10.2. The average molecular weight is 305 g/mol. The van der Waals surface area contributed by atoms with Crippen LogP contribution in [0.2, 0.25) is 0 Å². The van der Waals surface area contributed by atoms with Crippen molar-refractivity contribution in [3.63, 3.8) is 0 Å². The molecule has 1 amide bonds. The molecule has 4 nitrogen and oxygen atoms in total. The van der Waals surface area contributed by atoms with Crippen molar-refractivity contribution in [2.24, 2.45) is 4.99 Å². The van der Waals surface area contributed by atoms with Crippen LogP contribution in [0.25, 0.3) is 6.08 Å². The van der Waals surface area contributed by atoms with Crippen LogP contribution in [-0.2, 0) is 4.79 Å². The second kappa shape index (κ2) is 5.99. The van der Waals surface area contributed by atoms with Gasteiger partial charge < -0.3 is 9.80 Å². The van der Waals surface area contributed by atoms with E-state index in [1.165, 1.54) is 23.9 Å². The van der Waals surface area contributed by atoms with E-state index in [1.54, 1.807) is 18.2 Å². The predicted molar refractivity (Wildman–Crippen MR) is 83.5 cm³/mol. The minimum Gasteiger partial charge on any atom is -0.348 e. The van der Waals surface area contributed by atoms with E-state index in [9.17, 15) is 9.18 Å². The summed E-state index contributed by atoms with van der Waals surface area (Å²) in [5.74, 6) is -0.491. The molecule has 0 unspecified atom stereocenters. The van der Waals surface area contributed by atoms with E-state index in [4.69, 9.17) is 0 Å². The van der Waals surface area contributed by atoms with Crippen LogP contribution < -0.4 is 0 Å². The fourth-order valence-corrected chi connectivity index (χ4v) is 3.21. The van der Waals surface area contributed by atoms with Crippen molar-refractivity contribution in [3.8, 4) is 0 Å². The third kappa shape index (κ3) is 3.33. The molecule has 0 atom stereocenters. The molecule has 0 bridgehead atoms. The molecule has 6 heteroatoms. The van der Waals surface area contributed by atoms with Gasteiger partial charge in [0.25, 0.3) is 5.91 Å². The normalized spacial score (nSPS) is 22.0. The van der Waals surface area contributed by atoms with Gasteiger partial charge in [-0.1, -0.05) is 12.1 Å². The molecule has 2 aliphatic rings. The number of nitrogens with zero attached hydrogens (tertiary/aromatic N) is 3. The van der Waals surface area contributed by atoms with Crippen molar-refractivity contribution in [3.05, 3.63) is 40.6 Å². The van der Waals surface area contributed by atoms with Gasteiger partial charge in [0.05, 0.1) is 4.91 Å². The van der Waals surface area contributed by atoms with Gasteiger partial charge in [-0.2, -0.15) is 4.99 Å². The Hall–Kier alpha value is -1.66. The summed E-state index contributed by atoms with van der Waals surface area (Å²) in [7, 11) is 2.09. The first-order valence-corrected chi connectivity index (χ1v) is 7.65. The molecule has 3 rings (SSSR count). The first kappa shape index (κ1) is 14.3. The van der Waals surface area contributed by atoms with Crippen molar-refractivity contribution in [2.75, 3.05) is 33.2 Å². The van der Waals surface area contributed by atoms with Gasteiger partial charge in [-0.05, 0) is 42.6 Å². The second-order valence-corrected chi connectivity index (χ2v) is 6.16. The second-order valence-electron chi connectivity index (χ2n) is 5.15. The van der Waals surface area contributed by atoms with Crippen molar-refractivity contribution in [1.82, 2.24) is 9.80 Å². The third-order valence-electron chi connectivity index (χ3n) is 3.55. The quantitative estimate of drug-likeness (QED) is 0.744. The van der Waals surface area contributed by atoms with E-state index < -0.39 is 0 Å². The summed E-state index contributed by atoms with van der Waals surface area (Å²) >= 11 is 1.40. The van der Waals surface area contributed by atoms with Crippen LogP contribution >= 0.6 is 11.8 Å². The number of amides is 1. The number of halogens is 1. The maximum absolute atomic E-state index is 12.9. The number of hydrogen-bond donors (Lipinski definition) is 0. The van der Waals surface area contributed by atoms with Gasteiger partial charge in [0.1, 0.15) is 5.82 Å². The van der Waals surface area contributed by atoms with Gasteiger partial charge in [0.2, 0.25) is 0 Å². The number of amidine groups is 1. The van der Waals surface area contributed by atoms with Gasteiger partial charge in [-0.25, -0.2) is 4.39 Å². The Kier molecular flexibility index (Phi) is 4.07. The average Bonchev–Trinajstić information content (AvgIpc) is 2.83. The van der Waals surface area contributed by atoms with Gasteiger partial charge >= 0.3 is 0 Å². The Morgan fingerprint density at radius 2 is 1.86 bits per heavy atom. The summed E-state index contributed by atoms with van der Waals surface area (Å²) in [4.78, 5) is 21.1. The molecule has 2 aliphatic heterocycles. The molecule has 110 valence electrons. The number of aliphatic imine (C=N–C) groups is 1. The summed E-state index contributed by atoms with van der Waals surface area (Å²) in [6.45, 7) is 3.73. The van der Waals surface area contributed by atoms with Gasteiger partial charge in [0.15, 0.2) is 5.17 Å². The van der Waals surface area contributed by atoms with Gasteiger partial charge in [0, 0.05) is 26.2 Å². The topological polar surface area (TPSA) is 35.9 Å². The van der Waals surface area contributed by atoms with Crippen LogP contribution in [0, 0.1) is 5.82 Å². The highest BCUT2D eigenvalue weighted by atomic mass is 32.2. The molecule has 0 aliphatic carbocycles. The lowest BCUT2D eigenvalue weighted by Crippen LogP contribution is -2.46. The highest BCUT2D eigenvalue weighted by Gasteiger charge is 2.27. The number of rotatable bonds is 1. The summed E-state index contributed by atoms with van der Waals surface area (Å²) in [5.41, 5.74) is 0.807. The number of carbonyl (C=O) groups excluding carboxylic acids is 1. The minimum absolute atomic E-state index is 0.210. The first-order valence-electron chi connectivity index (χ1n) is 6.83. The monoisotopic (exact) mass is 305 g/mol. The molecular weight excluding hydrogens is 289 g/mol. The van der Waals surface area contributed by atoms with Gasteiger partial charge in [-0.3, -0.25) is 4.79 Å². The SMILES string of the molecule is CN1CCN(C2=NC(=O)C(=Cc3ccc(F)cc3)S2)CC1. The van der Waals surface area contributed by atoms with E-state index in [1.807, 2.05) is 0 Å². The molecule has 1 saturated heterocycles. The summed E-state index contributed by atoms with van der Waals surface area (Å²) in [5, 5.41) is 0.779. The van der Waals surface area contributed by atoms with E-state index in [-0.39, 0.29) is 11.7 Å². The van der Waals surface area contributed by atoms with E-state index in [2.05, 4.69) is 21.8 Å². The smallest absolute Gasteiger partial charge is 0.286 e. The minimum atomic E-state index is -0.281. The number of piperazine rings is 1. The molecule has 1 aromatic carbocycles. The molecule has 2 heterocycles. The molecule has 0 N–H and O–H groups in total. The molecular formula is C15H16FN3OS. The predicted octanol–water partition coefficient (Wildman–Crippen LogP) is 2.04. The zero-order chi connectivity index (χ0) is 14.8. The number of benzene rings is 1. The fraction of sp³-hybridized carbons (Fsp3) is 0.333. The highest BCUT2D eigenvalue weighted by molar-refractivity contribution is 8.18. The third-order valence-corrected chi connectivity index (χ3v) is 4.60. The van der Waals surface area contributed by atoms with Crippen LogP contribution in [0.5, 0.6) is 0 Å². The van der Waals surface area contributed by atoms with Crippen molar-refractivity contribution < 1.29 is 9.18 Å². The number of likely N-dealkylation sites (N-methyl/N-ethyl adjacent to an activating group) is 1. The maximum Gasteiger partial charge on any atom is 0.286 e. The van der Waals surface area contributed by atoms with Crippen LogP contribution in [-0.4, -0.2) is 54.1 Å². The van der Waals surface area contributed by atoms with Crippen LogP contribution in [0.15, 0.2) is 34.2 Å². The Balaban J connectivity index is 1.71. The summed E-state index contributed by atoms with van der Waals surface area (Å²) in [6.07, 6.45) is 1.76. The summed E-state index contributed by atoms with van der Waals surface area (Å²) < 4.78 is 12.9. The van der Waals surface area contributed by atoms with Crippen molar-refractivity contribution in [1.29, 1.82) is 0 Å². The first-order chi connectivity index (χ1) is 10.1. The summed E-state index contributed by atoms with van der Waals surface area (Å²) in [6, 6.07) is 6.09. The zero-order valence-electron chi connectivity index (χ0n) is 11.8. The van der Waals surface area contributed by atoms with E-state index >= 15 is 0 Å². The van der Waals surface area contributed by atoms with Crippen molar-refractivity contribution >= 4 is 28.9 Å². The molecule has 1 fully saturated rings. The van der Waals surface area contributed by atoms with E-state index in [0.717, 1.165) is 36.9 Å². The standard InChI is InChI=1S/C15H16FN3OS/c1-18-6-8-19(9-7-18)15-17-14(20)13(21-15)10-11-2-4-12(16)5-3-11/h2-5,10H,6-9H2,1H3. The number of thioether (sulfide) groups is 1. The van der Waals surface area contributed by atoms with Crippen LogP contribution in [0.3, 0.4) is 0 Å². The molecule has 1 aromatic rings. The zero-order valence-corrected chi connectivity index (χ0v) is 12.6. The molecule has 21 heavy (non-hydrogen) atoms. The van der Waals surface area contributed by atoms with Gasteiger partial charge in [-0.15, -0.1) is 0 Å². The van der Waals surface area contributed by atoms with Crippen LogP contribution in [0.1, 0.15) is 5.56 Å². The Morgan fingerprint density at radius 1 is 1.19 bits per heavy atom. The highest BCUT2D eigenvalue weighted by Crippen LogP contribution is 2.30. The maximum atomic E-state index is 12.9. The Labute approximate surface area is 127 Å². The largest absolute Gasteiger partial charge is 0.348 e. The molecule has 0 spiro atoms. The fourth-order valence-electron chi connectivity index (χ4n) is 2.24. The Morgan fingerprint density at radius 3 is 2.52 bits per heavy atom. The number of carbonyl (C=O) groups is 1. The number of hydrogen-bond acceptors (Lipinski definition) is 4. The molecule has 0 saturated carbocycles. The molecule has 0 radical (unpaired) electrons. The van der Waals surface area contributed by atoms with Crippen LogP contribution in [0.4, 0.5) is 4.39 Å². The van der Waals surface area contributed by atoms with E-state index in [0.29, 0.717) is 4.91 Å². The van der Waals surface area contributed by atoms with Crippen molar-refractivity contribution in [2.45, 2.75) is 0 Å². The molecule has 0 aromatic heterocycles. The lowest BCUT2D eigenvalue weighted by molar-refractivity contribution is -0.113. The Bertz CT molecular complexity index is 604. The lowest BCUT2D eigenvalue weighted by Gasteiger charge is -2.32.